The maximum absolute atomic E-state index is 13.3. The Morgan fingerprint density at radius 2 is 1.68 bits per heavy atom. The SMILES string of the molecule is Cc1ccc(NC(=O)c2ccc(CN3CCN(C(=O)CCCCNc4cccc5c4C(=O)N(C4CCC(=O)NC4=O)C5=O)CC3)cc2)cc1Nc1nccc(-c2cccnc2)n1. The summed E-state index contributed by atoms with van der Waals surface area (Å²) in [4.78, 5) is 95.1. The minimum atomic E-state index is -1.02. The molecule has 0 aliphatic carbocycles. The fourth-order valence-electron chi connectivity index (χ4n) is 7.87. The molecule has 2 fully saturated rings. The third-order valence-corrected chi connectivity index (χ3v) is 11.3. The van der Waals surface area contributed by atoms with E-state index in [1.165, 1.54) is 0 Å². The number of anilines is 4. The average Bonchev–Trinajstić information content (AvgIpc) is 3.54. The normalized spacial score (nSPS) is 16.5. The first-order valence-corrected chi connectivity index (χ1v) is 20.7. The van der Waals surface area contributed by atoms with Crippen LogP contribution in [0, 0.1) is 6.92 Å². The van der Waals surface area contributed by atoms with Crippen molar-refractivity contribution in [1.82, 2.24) is 35.0 Å². The van der Waals surface area contributed by atoms with Crippen molar-refractivity contribution in [1.29, 1.82) is 0 Å². The molecule has 4 N–H and O–H groups in total. The molecular weight excluding hydrogens is 789 g/mol. The Morgan fingerprint density at radius 1 is 0.855 bits per heavy atom. The van der Waals surface area contributed by atoms with Gasteiger partial charge in [-0.25, -0.2) is 9.97 Å². The number of aromatic nitrogens is 3. The third-order valence-electron chi connectivity index (χ3n) is 11.3. The number of unbranched alkanes of at least 4 members (excludes halogenated alkanes) is 1. The minimum Gasteiger partial charge on any atom is -0.384 e. The number of amides is 6. The molecule has 5 aromatic rings. The Balaban J connectivity index is 0.755. The number of carbonyl (C=O) groups excluding carboxylic acids is 6. The Hall–Kier alpha value is -7.33. The smallest absolute Gasteiger partial charge is 0.264 e. The van der Waals surface area contributed by atoms with E-state index in [1.54, 1.807) is 36.8 Å². The Labute approximate surface area is 358 Å². The zero-order valence-corrected chi connectivity index (χ0v) is 34.2. The van der Waals surface area contributed by atoms with Gasteiger partial charge in [0.1, 0.15) is 6.04 Å². The molecule has 6 amide bonds. The summed E-state index contributed by atoms with van der Waals surface area (Å²) >= 11 is 0. The highest BCUT2D eigenvalue weighted by Crippen LogP contribution is 2.32. The van der Waals surface area contributed by atoms with Gasteiger partial charge in [-0.3, -0.25) is 48.9 Å². The predicted octanol–water partition coefficient (Wildman–Crippen LogP) is 5.17. The zero-order valence-electron chi connectivity index (χ0n) is 34.2. The summed E-state index contributed by atoms with van der Waals surface area (Å²) in [6.45, 7) is 5.89. The number of rotatable bonds is 14. The van der Waals surface area contributed by atoms with E-state index in [4.69, 9.17) is 0 Å². The lowest BCUT2D eigenvalue weighted by atomic mass is 10.0. The van der Waals surface area contributed by atoms with E-state index in [1.807, 2.05) is 72.5 Å². The Kier molecular flexibility index (Phi) is 12.4. The van der Waals surface area contributed by atoms with Crippen molar-refractivity contribution in [2.24, 2.45) is 0 Å². The highest BCUT2D eigenvalue weighted by atomic mass is 16.2. The van der Waals surface area contributed by atoms with E-state index in [2.05, 4.69) is 41.1 Å². The number of nitrogens with one attached hydrogen (secondary N) is 4. The van der Waals surface area contributed by atoms with Crippen molar-refractivity contribution in [3.05, 3.63) is 125 Å². The number of fused-ring (bicyclic) bond motifs is 1. The van der Waals surface area contributed by atoms with Crippen LogP contribution in [0.4, 0.5) is 23.0 Å². The molecule has 0 saturated carbocycles. The van der Waals surface area contributed by atoms with Gasteiger partial charge in [0.25, 0.3) is 17.7 Å². The second-order valence-corrected chi connectivity index (χ2v) is 15.5. The first kappa shape index (κ1) is 41.4. The molecule has 316 valence electrons. The summed E-state index contributed by atoms with van der Waals surface area (Å²) in [5.74, 6) is -1.87. The number of piperazine rings is 1. The standard InChI is InChI=1S/C46H46N10O6/c1-29-10-15-33(26-37(29)52-46-49-21-18-35(51-46)32-6-5-19-47-27-32)50-42(59)31-13-11-30(12-14-31)28-54-22-24-55(25-23-54)40(58)9-2-3-20-48-36-8-4-7-34-41(36)45(62)56(44(34)61)38-16-17-39(57)53-43(38)60/h4-8,10-15,18-19,21,26-27,38,48H,2-3,9,16-17,20,22-25,28H2,1H3,(H,50,59)(H,49,51,52)(H,53,57,60). The van der Waals surface area contributed by atoms with Crippen LogP contribution < -0.4 is 21.3 Å². The molecule has 2 saturated heterocycles. The van der Waals surface area contributed by atoms with E-state index in [0.717, 1.165) is 46.1 Å². The summed E-state index contributed by atoms with van der Waals surface area (Å²) in [5, 5.41) is 11.7. The molecule has 62 heavy (non-hydrogen) atoms. The van der Waals surface area contributed by atoms with Crippen LogP contribution in [-0.4, -0.2) is 104 Å². The minimum absolute atomic E-state index is 0.0568. The largest absolute Gasteiger partial charge is 0.384 e. The molecule has 1 unspecified atom stereocenters. The molecule has 1 atom stereocenters. The Bertz CT molecular complexity index is 2520. The second kappa shape index (κ2) is 18.5. The summed E-state index contributed by atoms with van der Waals surface area (Å²) in [6.07, 6.45) is 7.02. The van der Waals surface area contributed by atoms with Gasteiger partial charge in [0, 0.05) is 98.9 Å². The maximum Gasteiger partial charge on any atom is 0.264 e. The summed E-state index contributed by atoms with van der Waals surface area (Å²) in [5.41, 5.74) is 6.54. The van der Waals surface area contributed by atoms with E-state index in [9.17, 15) is 28.8 Å². The van der Waals surface area contributed by atoms with Crippen LogP contribution in [0.1, 0.15) is 74.3 Å². The van der Waals surface area contributed by atoms with E-state index in [0.29, 0.717) is 68.3 Å². The predicted molar refractivity (Wildman–Crippen MR) is 231 cm³/mol. The molecule has 3 aliphatic heterocycles. The van der Waals surface area contributed by atoms with Crippen LogP contribution in [0.5, 0.6) is 0 Å². The number of hydrogen-bond acceptors (Lipinski definition) is 12. The van der Waals surface area contributed by atoms with Gasteiger partial charge in [-0.2, -0.15) is 0 Å². The number of benzene rings is 3. The topological polar surface area (TPSA) is 199 Å². The Morgan fingerprint density at radius 3 is 2.45 bits per heavy atom. The fraction of sp³-hybridized carbons (Fsp3) is 0.283. The monoisotopic (exact) mass is 834 g/mol. The van der Waals surface area contributed by atoms with Crippen LogP contribution in [0.3, 0.4) is 0 Å². The number of hydrogen-bond donors (Lipinski definition) is 4. The van der Waals surface area contributed by atoms with Crippen LogP contribution >= 0.6 is 0 Å². The van der Waals surface area contributed by atoms with Crippen LogP contribution in [-0.2, 0) is 20.9 Å². The van der Waals surface area contributed by atoms with Crippen molar-refractivity contribution >= 4 is 58.5 Å². The molecule has 0 spiro atoms. The second-order valence-electron chi connectivity index (χ2n) is 15.5. The summed E-state index contributed by atoms with van der Waals surface area (Å²) in [7, 11) is 0. The molecule has 5 heterocycles. The molecule has 8 rings (SSSR count). The van der Waals surface area contributed by atoms with Gasteiger partial charge >= 0.3 is 0 Å². The highest BCUT2D eigenvalue weighted by Gasteiger charge is 2.45. The molecule has 3 aromatic carbocycles. The van der Waals surface area contributed by atoms with Crippen molar-refractivity contribution in [3.63, 3.8) is 0 Å². The van der Waals surface area contributed by atoms with Gasteiger partial charge in [-0.1, -0.05) is 24.3 Å². The first-order chi connectivity index (χ1) is 30.1. The van der Waals surface area contributed by atoms with Crippen molar-refractivity contribution in [3.8, 4) is 11.3 Å². The summed E-state index contributed by atoms with van der Waals surface area (Å²) in [6, 6.07) is 22.8. The van der Waals surface area contributed by atoms with E-state index < -0.39 is 29.7 Å². The molecule has 16 heteroatoms. The lowest BCUT2D eigenvalue weighted by Gasteiger charge is -2.35. The van der Waals surface area contributed by atoms with Gasteiger partial charge in [-0.15, -0.1) is 0 Å². The van der Waals surface area contributed by atoms with Crippen molar-refractivity contribution in [2.45, 2.75) is 51.6 Å². The number of pyridine rings is 1. The maximum atomic E-state index is 13.3. The van der Waals surface area contributed by atoms with Crippen LogP contribution in [0.2, 0.25) is 0 Å². The van der Waals surface area contributed by atoms with Gasteiger partial charge in [0.05, 0.1) is 16.8 Å². The highest BCUT2D eigenvalue weighted by molar-refractivity contribution is 6.25. The van der Waals surface area contributed by atoms with Crippen molar-refractivity contribution in [2.75, 3.05) is 48.7 Å². The van der Waals surface area contributed by atoms with Crippen molar-refractivity contribution < 1.29 is 28.8 Å². The van der Waals surface area contributed by atoms with Gasteiger partial charge < -0.3 is 20.9 Å². The van der Waals surface area contributed by atoms with Gasteiger partial charge in [0.15, 0.2) is 0 Å². The van der Waals surface area contributed by atoms with Crippen LogP contribution in [0.25, 0.3) is 11.3 Å². The number of carbonyl (C=O) groups is 6. The molecule has 0 bridgehead atoms. The molecule has 2 aromatic heterocycles. The molecule has 3 aliphatic rings. The zero-order chi connectivity index (χ0) is 43.2. The van der Waals surface area contributed by atoms with E-state index in [-0.39, 0.29) is 35.8 Å². The lowest BCUT2D eigenvalue weighted by molar-refractivity contribution is -0.136. The number of aryl methyl sites for hydroxylation is 1. The summed E-state index contributed by atoms with van der Waals surface area (Å²) < 4.78 is 0. The molecule has 16 nitrogen and oxygen atoms in total. The fourth-order valence-corrected chi connectivity index (χ4v) is 7.87. The third kappa shape index (κ3) is 9.34. The number of imide groups is 2. The lowest BCUT2D eigenvalue weighted by Crippen LogP contribution is -2.54. The quantitative estimate of drug-likeness (QED) is 0.0847. The molecule has 0 radical (unpaired) electrons. The first-order valence-electron chi connectivity index (χ1n) is 20.7. The average molecular weight is 835 g/mol. The van der Waals surface area contributed by atoms with Gasteiger partial charge in [0.2, 0.25) is 23.7 Å². The van der Waals surface area contributed by atoms with E-state index >= 15 is 0 Å². The van der Waals surface area contributed by atoms with Gasteiger partial charge in [-0.05, 0) is 91.9 Å². The number of piperidine rings is 1. The molecular formula is C46H46N10O6. The van der Waals surface area contributed by atoms with Crippen LogP contribution in [0.15, 0.2) is 97.5 Å². The number of nitrogens with zero attached hydrogens (tertiary/aromatic N) is 6.